The van der Waals surface area contributed by atoms with Crippen molar-refractivity contribution in [3.8, 4) is 0 Å². The molecule has 0 bridgehead atoms. The lowest BCUT2D eigenvalue weighted by Gasteiger charge is -2.20. The van der Waals surface area contributed by atoms with Gasteiger partial charge in [-0.05, 0) is 26.2 Å². The number of halogens is 1. The molecule has 1 aromatic rings. The van der Waals surface area contributed by atoms with Crippen LogP contribution in [0.25, 0.3) is 0 Å². The summed E-state index contributed by atoms with van der Waals surface area (Å²) in [5.74, 6) is 0.531. The van der Waals surface area contributed by atoms with Gasteiger partial charge in [0.2, 0.25) is 0 Å². The van der Waals surface area contributed by atoms with Crippen molar-refractivity contribution < 1.29 is 8.42 Å². The largest absolute Gasteiger partial charge is 0.281 e. The standard InChI is InChI=1S/C11H18ClN3O2S/c1-7-4-8(2)15(6-7)18(16,17)11-10(5-12)9(3)13-14-11/h7-8H,4-6H2,1-3H3,(H,13,14). The van der Waals surface area contributed by atoms with Gasteiger partial charge in [0.05, 0.1) is 5.88 Å². The highest BCUT2D eigenvalue weighted by Gasteiger charge is 2.38. The second-order valence-electron chi connectivity index (χ2n) is 5.03. The SMILES string of the molecule is Cc1[nH]nc(S(=O)(=O)N2CC(C)CC2C)c1CCl. The van der Waals surface area contributed by atoms with Crippen LogP contribution in [-0.4, -0.2) is 35.5 Å². The van der Waals surface area contributed by atoms with Gasteiger partial charge in [0.25, 0.3) is 10.0 Å². The normalized spacial score (nSPS) is 25.8. The first-order valence-corrected chi connectivity index (χ1v) is 7.97. The fraction of sp³-hybridized carbons (Fsp3) is 0.727. The average Bonchev–Trinajstić information content (AvgIpc) is 2.82. The Morgan fingerprint density at radius 1 is 1.50 bits per heavy atom. The van der Waals surface area contributed by atoms with E-state index in [1.165, 1.54) is 4.31 Å². The number of aromatic nitrogens is 2. The Kier molecular flexibility index (Phi) is 3.71. The van der Waals surface area contributed by atoms with Crippen LogP contribution in [0.3, 0.4) is 0 Å². The topological polar surface area (TPSA) is 66.1 Å². The van der Waals surface area contributed by atoms with Crippen molar-refractivity contribution in [2.75, 3.05) is 6.54 Å². The molecule has 18 heavy (non-hydrogen) atoms. The minimum absolute atomic E-state index is 0.0187. The lowest BCUT2D eigenvalue weighted by atomic mass is 10.1. The highest BCUT2D eigenvalue weighted by atomic mass is 35.5. The van der Waals surface area contributed by atoms with Crippen LogP contribution < -0.4 is 0 Å². The summed E-state index contributed by atoms with van der Waals surface area (Å²) in [6.07, 6.45) is 0.888. The maximum Gasteiger partial charge on any atom is 0.262 e. The molecule has 2 atom stereocenters. The lowest BCUT2D eigenvalue weighted by molar-refractivity contribution is 0.403. The molecule has 0 amide bonds. The third-order valence-corrected chi connectivity index (χ3v) is 5.67. The second-order valence-corrected chi connectivity index (χ2v) is 7.10. The molecule has 1 aliphatic rings. The second kappa shape index (κ2) is 4.83. The number of aromatic amines is 1. The first-order valence-electron chi connectivity index (χ1n) is 5.99. The summed E-state index contributed by atoms with van der Waals surface area (Å²) in [6, 6.07) is 0.0187. The minimum atomic E-state index is -3.54. The number of alkyl halides is 1. The van der Waals surface area contributed by atoms with E-state index in [-0.39, 0.29) is 16.9 Å². The number of rotatable bonds is 3. The van der Waals surface area contributed by atoms with Crippen LogP contribution >= 0.6 is 11.6 Å². The summed E-state index contributed by atoms with van der Waals surface area (Å²) in [6.45, 7) is 6.32. The van der Waals surface area contributed by atoms with Gasteiger partial charge in [0.1, 0.15) is 0 Å². The summed E-state index contributed by atoms with van der Waals surface area (Å²) in [7, 11) is -3.54. The molecule has 2 heterocycles. The monoisotopic (exact) mass is 291 g/mol. The maximum absolute atomic E-state index is 12.6. The predicted molar refractivity (Wildman–Crippen MR) is 70.0 cm³/mol. The zero-order chi connectivity index (χ0) is 13.5. The van der Waals surface area contributed by atoms with Gasteiger partial charge in [-0.15, -0.1) is 11.6 Å². The molecule has 0 aromatic carbocycles. The lowest BCUT2D eigenvalue weighted by Crippen LogP contribution is -2.34. The van der Waals surface area contributed by atoms with E-state index in [9.17, 15) is 8.42 Å². The van der Waals surface area contributed by atoms with Crippen LogP contribution in [0.4, 0.5) is 0 Å². The summed E-state index contributed by atoms with van der Waals surface area (Å²) in [5.41, 5.74) is 1.28. The Morgan fingerprint density at radius 2 is 2.17 bits per heavy atom. The van der Waals surface area contributed by atoms with Crippen LogP contribution in [0, 0.1) is 12.8 Å². The molecule has 0 saturated carbocycles. The summed E-state index contributed by atoms with van der Waals surface area (Å²) >= 11 is 5.81. The van der Waals surface area contributed by atoms with E-state index in [2.05, 4.69) is 17.1 Å². The molecular weight excluding hydrogens is 274 g/mol. The van der Waals surface area contributed by atoms with E-state index in [0.717, 1.165) is 6.42 Å². The van der Waals surface area contributed by atoms with Gasteiger partial charge in [0.15, 0.2) is 5.03 Å². The molecular formula is C11H18ClN3O2S. The Morgan fingerprint density at radius 3 is 2.67 bits per heavy atom. The highest BCUT2D eigenvalue weighted by molar-refractivity contribution is 7.89. The molecule has 1 fully saturated rings. The number of sulfonamides is 1. The first-order chi connectivity index (χ1) is 8.37. The van der Waals surface area contributed by atoms with Gasteiger partial charge in [-0.3, -0.25) is 5.10 Å². The molecule has 5 nitrogen and oxygen atoms in total. The van der Waals surface area contributed by atoms with E-state index in [1.54, 1.807) is 6.92 Å². The fourth-order valence-corrected chi connectivity index (χ4v) is 4.84. The number of nitrogens with one attached hydrogen (secondary N) is 1. The molecule has 7 heteroatoms. The molecule has 1 aromatic heterocycles. The minimum Gasteiger partial charge on any atom is -0.281 e. The Hall–Kier alpha value is -0.590. The van der Waals surface area contributed by atoms with E-state index in [1.807, 2.05) is 6.92 Å². The number of hydrogen-bond acceptors (Lipinski definition) is 3. The van der Waals surface area contributed by atoms with Crippen molar-refractivity contribution in [1.82, 2.24) is 14.5 Å². The number of nitrogens with zero attached hydrogens (tertiary/aromatic N) is 2. The van der Waals surface area contributed by atoms with Gasteiger partial charge in [0, 0.05) is 23.8 Å². The summed E-state index contributed by atoms with van der Waals surface area (Å²) in [4.78, 5) is 0. The van der Waals surface area contributed by atoms with Crippen molar-refractivity contribution in [3.63, 3.8) is 0 Å². The van der Waals surface area contributed by atoms with Crippen molar-refractivity contribution in [1.29, 1.82) is 0 Å². The number of H-pyrrole nitrogens is 1. The van der Waals surface area contributed by atoms with Gasteiger partial charge in [-0.2, -0.15) is 9.40 Å². The van der Waals surface area contributed by atoms with E-state index in [0.29, 0.717) is 23.7 Å². The molecule has 1 aliphatic heterocycles. The van der Waals surface area contributed by atoms with Crippen LogP contribution in [-0.2, 0) is 15.9 Å². The van der Waals surface area contributed by atoms with E-state index >= 15 is 0 Å². The van der Waals surface area contributed by atoms with E-state index < -0.39 is 10.0 Å². The Balaban J connectivity index is 2.42. The molecule has 1 saturated heterocycles. The number of hydrogen-bond donors (Lipinski definition) is 1. The molecule has 1 N–H and O–H groups in total. The molecule has 0 radical (unpaired) electrons. The van der Waals surface area contributed by atoms with Crippen LogP contribution in [0.1, 0.15) is 31.5 Å². The van der Waals surface area contributed by atoms with Crippen molar-refractivity contribution in [2.24, 2.45) is 5.92 Å². The van der Waals surface area contributed by atoms with Crippen LogP contribution in [0.2, 0.25) is 0 Å². The quantitative estimate of drug-likeness (QED) is 0.865. The third kappa shape index (κ3) is 2.17. The fourth-order valence-electron chi connectivity index (χ4n) is 2.51. The summed E-state index contributed by atoms with van der Waals surface area (Å²) in [5, 5.41) is 6.71. The van der Waals surface area contributed by atoms with E-state index in [4.69, 9.17) is 11.6 Å². The zero-order valence-electron chi connectivity index (χ0n) is 10.8. The zero-order valence-corrected chi connectivity index (χ0v) is 12.3. The summed E-state index contributed by atoms with van der Waals surface area (Å²) < 4.78 is 26.7. The van der Waals surface area contributed by atoms with Gasteiger partial charge in [-0.25, -0.2) is 8.42 Å². The van der Waals surface area contributed by atoms with Crippen LogP contribution in [0.5, 0.6) is 0 Å². The van der Waals surface area contributed by atoms with Gasteiger partial charge < -0.3 is 0 Å². The van der Waals surface area contributed by atoms with Crippen molar-refractivity contribution in [2.45, 2.75) is 44.1 Å². The average molecular weight is 292 g/mol. The molecule has 2 rings (SSSR count). The predicted octanol–water partition coefficient (Wildman–Crippen LogP) is 1.88. The third-order valence-electron chi connectivity index (χ3n) is 3.45. The van der Waals surface area contributed by atoms with Crippen molar-refractivity contribution >= 4 is 21.6 Å². The Bertz CT molecular complexity index is 540. The smallest absolute Gasteiger partial charge is 0.262 e. The molecule has 0 aliphatic carbocycles. The van der Waals surface area contributed by atoms with Gasteiger partial charge >= 0.3 is 0 Å². The highest BCUT2D eigenvalue weighted by Crippen LogP contribution is 2.30. The molecule has 0 spiro atoms. The molecule has 102 valence electrons. The maximum atomic E-state index is 12.6. The number of aryl methyl sites for hydroxylation is 1. The Labute approximate surface area is 113 Å². The van der Waals surface area contributed by atoms with Crippen LogP contribution in [0.15, 0.2) is 5.03 Å². The first kappa shape index (κ1) is 13.8. The molecule has 2 unspecified atom stereocenters. The van der Waals surface area contributed by atoms with Crippen molar-refractivity contribution in [3.05, 3.63) is 11.3 Å². The van der Waals surface area contributed by atoms with Gasteiger partial charge in [-0.1, -0.05) is 6.92 Å².